The van der Waals surface area contributed by atoms with Gasteiger partial charge in [-0.15, -0.1) is 0 Å². The van der Waals surface area contributed by atoms with Crippen LogP contribution in [0.25, 0.3) is 0 Å². The summed E-state index contributed by atoms with van der Waals surface area (Å²) in [5, 5.41) is 0. The lowest BCUT2D eigenvalue weighted by molar-refractivity contribution is 0.0222. The fourth-order valence-corrected chi connectivity index (χ4v) is 2.09. The number of nitrogens with zero attached hydrogens (tertiary/aromatic N) is 1. The summed E-state index contributed by atoms with van der Waals surface area (Å²) in [4.78, 5) is 13.8. The van der Waals surface area contributed by atoms with Gasteiger partial charge in [0.1, 0.15) is 5.60 Å². The van der Waals surface area contributed by atoms with Gasteiger partial charge < -0.3 is 9.64 Å². The Morgan fingerprint density at radius 3 is 2.64 bits per heavy atom. The van der Waals surface area contributed by atoms with E-state index >= 15 is 0 Å². The number of ether oxygens (including phenoxy) is 1. The summed E-state index contributed by atoms with van der Waals surface area (Å²) in [6, 6.07) is 0. The maximum Gasteiger partial charge on any atom is 0.410 e. The topological polar surface area (TPSA) is 29.5 Å². The summed E-state index contributed by atoms with van der Waals surface area (Å²) < 4.78 is 5.29. The van der Waals surface area contributed by atoms with Crippen LogP contribution in [-0.2, 0) is 4.74 Å². The molecule has 0 aromatic heterocycles. The number of piperidine rings is 1. The van der Waals surface area contributed by atoms with Crippen molar-refractivity contribution in [1.82, 2.24) is 4.90 Å². The maximum absolute atomic E-state index is 11.6. The van der Waals surface area contributed by atoms with E-state index in [-0.39, 0.29) is 6.09 Å². The van der Waals surface area contributed by atoms with Crippen molar-refractivity contribution in [2.75, 3.05) is 13.1 Å². The molecule has 1 saturated heterocycles. The van der Waals surface area contributed by atoms with E-state index in [1.54, 1.807) is 4.90 Å². The highest BCUT2D eigenvalue weighted by atomic mass is 79.9. The van der Waals surface area contributed by atoms with Crippen molar-refractivity contribution < 1.29 is 9.53 Å². The third kappa shape index (κ3) is 3.86. The number of hydrogen-bond donors (Lipinski definition) is 0. The molecular formula is C10H18BrNO2. The second kappa shape index (κ2) is 4.51. The van der Waals surface area contributed by atoms with Gasteiger partial charge in [-0.3, -0.25) is 0 Å². The molecule has 0 spiro atoms. The smallest absolute Gasteiger partial charge is 0.410 e. The highest BCUT2D eigenvalue weighted by Gasteiger charge is 2.26. The summed E-state index contributed by atoms with van der Waals surface area (Å²) in [5.74, 6) is 0. The Morgan fingerprint density at radius 2 is 2.14 bits per heavy atom. The largest absolute Gasteiger partial charge is 0.444 e. The van der Waals surface area contributed by atoms with Crippen LogP contribution < -0.4 is 0 Å². The lowest BCUT2D eigenvalue weighted by atomic mass is 10.1. The average molecular weight is 264 g/mol. The standard InChI is InChI=1S/C10H18BrNO2/c1-10(2,3)14-9(13)12-6-4-5-8(11)7-12/h8H,4-7H2,1-3H3. The van der Waals surface area contributed by atoms with Gasteiger partial charge in [0.15, 0.2) is 0 Å². The first kappa shape index (κ1) is 11.8. The van der Waals surface area contributed by atoms with E-state index in [4.69, 9.17) is 4.74 Å². The molecular weight excluding hydrogens is 246 g/mol. The highest BCUT2D eigenvalue weighted by Crippen LogP contribution is 2.19. The molecule has 1 heterocycles. The normalized spacial score (nSPS) is 23.4. The van der Waals surface area contributed by atoms with Gasteiger partial charge in [-0.05, 0) is 33.6 Å². The van der Waals surface area contributed by atoms with Crippen LogP contribution in [0.3, 0.4) is 0 Å². The lowest BCUT2D eigenvalue weighted by Crippen LogP contribution is -2.43. The van der Waals surface area contributed by atoms with Crippen LogP contribution in [0.5, 0.6) is 0 Å². The highest BCUT2D eigenvalue weighted by molar-refractivity contribution is 9.09. The van der Waals surface area contributed by atoms with Gasteiger partial charge in [0, 0.05) is 17.9 Å². The van der Waals surface area contributed by atoms with Crippen LogP contribution in [0.15, 0.2) is 0 Å². The van der Waals surface area contributed by atoms with Crippen LogP contribution in [0, 0.1) is 0 Å². The molecule has 0 aromatic rings. The van der Waals surface area contributed by atoms with Crippen molar-refractivity contribution in [3.8, 4) is 0 Å². The minimum Gasteiger partial charge on any atom is -0.444 e. The van der Waals surface area contributed by atoms with Crippen molar-refractivity contribution in [2.24, 2.45) is 0 Å². The number of halogens is 1. The predicted octanol–water partition coefficient (Wildman–Crippen LogP) is 2.78. The second-order valence-electron chi connectivity index (χ2n) is 4.67. The van der Waals surface area contributed by atoms with Gasteiger partial charge in [0.05, 0.1) is 0 Å². The number of hydrogen-bond acceptors (Lipinski definition) is 2. The molecule has 1 atom stereocenters. The van der Waals surface area contributed by atoms with E-state index in [2.05, 4.69) is 15.9 Å². The molecule has 0 saturated carbocycles. The van der Waals surface area contributed by atoms with Crippen LogP contribution in [0.1, 0.15) is 33.6 Å². The second-order valence-corrected chi connectivity index (χ2v) is 5.96. The predicted molar refractivity (Wildman–Crippen MR) is 59.8 cm³/mol. The molecule has 0 N–H and O–H groups in total. The number of amides is 1. The van der Waals surface area contributed by atoms with E-state index in [9.17, 15) is 4.79 Å². The van der Waals surface area contributed by atoms with Crippen molar-refractivity contribution in [3.05, 3.63) is 0 Å². The molecule has 3 nitrogen and oxygen atoms in total. The number of likely N-dealkylation sites (tertiary alicyclic amines) is 1. The Kier molecular flexibility index (Phi) is 3.81. The molecule has 1 amide bonds. The summed E-state index contributed by atoms with van der Waals surface area (Å²) in [5.41, 5.74) is -0.393. The monoisotopic (exact) mass is 263 g/mol. The minimum absolute atomic E-state index is 0.193. The Hall–Kier alpha value is -0.250. The zero-order valence-electron chi connectivity index (χ0n) is 9.05. The Balaban J connectivity index is 2.44. The molecule has 0 aliphatic carbocycles. The van der Waals surface area contributed by atoms with Crippen LogP contribution in [-0.4, -0.2) is 34.5 Å². The molecule has 0 bridgehead atoms. The van der Waals surface area contributed by atoms with E-state index < -0.39 is 5.60 Å². The van der Waals surface area contributed by atoms with Gasteiger partial charge in [-0.2, -0.15) is 0 Å². The first-order chi connectivity index (χ1) is 6.38. The lowest BCUT2D eigenvalue weighted by Gasteiger charge is -2.32. The molecule has 1 aliphatic heterocycles. The molecule has 1 unspecified atom stereocenters. The zero-order valence-corrected chi connectivity index (χ0v) is 10.6. The van der Waals surface area contributed by atoms with Gasteiger partial charge in [0.25, 0.3) is 0 Å². The summed E-state index contributed by atoms with van der Waals surface area (Å²) in [6.45, 7) is 7.24. The van der Waals surface area contributed by atoms with Gasteiger partial charge in [-0.1, -0.05) is 15.9 Å². The Bertz CT molecular complexity index is 213. The zero-order chi connectivity index (χ0) is 10.8. The number of rotatable bonds is 0. The van der Waals surface area contributed by atoms with E-state index in [1.165, 1.54) is 0 Å². The van der Waals surface area contributed by atoms with Gasteiger partial charge in [0.2, 0.25) is 0 Å². The van der Waals surface area contributed by atoms with E-state index in [0.717, 1.165) is 25.9 Å². The van der Waals surface area contributed by atoms with Crippen molar-refractivity contribution in [2.45, 2.75) is 44.0 Å². The molecule has 0 aromatic carbocycles. The van der Waals surface area contributed by atoms with Crippen LogP contribution in [0.4, 0.5) is 4.79 Å². The van der Waals surface area contributed by atoms with Crippen molar-refractivity contribution >= 4 is 22.0 Å². The van der Waals surface area contributed by atoms with Gasteiger partial charge in [-0.25, -0.2) is 4.79 Å². The van der Waals surface area contributed by atoms with E-state index in [0.29, 0.717) is 4.83 Å². The van der Waals surface area contributed by atoms with Gasteiger partial charge >= 0.3 is 6.09 Å². The SMILES string of the molecule is CC(C)(C)OC(=O)N1CCCC(Br)C1. The quantitative estimate of drug-likeness (QED) is 0.629. The third-order valence-corrected chi connectivity index (χ3v) is 2.76. The summed E-state index contributed by atoms with van der Waals surface area (Å²) in [6.07, 6.45) is 2.00. The summed E-state index contributed by atoms with van der Waals surface area (Å²) in [7, 11) is 0. The molecule has 14 heavy (non-hydrogen) atoms. The molecule has 1 fully saturated rings. The molecule has 1 rings (SSSR count). The first-order valence-electron chi connectivity index (χ1n) is 5.00. The molecule has 1 aliphatic rings. The van der Waals surface area contributed by atoms with Crippen molar-refractivity contribution in [1.29, 1.82) is 0 Å². The van der Waals surface area contributed by atoms with E-state index in [1.807, 2.05) is 20.8 Å². The first-order valence-corrected chi connectivity index (χ1v) is 5.92. The maximum atomic E-state index is 11.6. The third-order valence-electron chi connectivity index (χ3n) is 2.02. The Morgan fingerprint density at radius 1 is 1.50 bits per heavy atom. The number of carbonyl (C=O) groups excluding carboxylic acids is 1. The van der Waals surface area contributed by atoms with Crippen LogP contribution in [0.2, 0.25) is 0 Å². The molecule has 0 radical (unpaired) electrons. The molecule has 82 valence electrons. The van der Waals surface area contributed by atoms with Crippen LogP contribution >= 0.6 is 15.9 Å². The number of carbonyl (C=O) groups is 1. The summed E-state index contributed by atoms with van der Waals surface area (Å²) >= 11 is 3.53. The van der Waals surface area contributed by atoms with Crippen molar-refractivity contribution in [3.63, 3.8) is 0 Å². The fourth-order valence-electron chi connectivity index (χ4n) is 1.42. The number of alkyl halides is 1. The Labute approximate surface area is 93.9 Å². The fraction of sp³-hybridized carbons (Fsp3) is 0.900. The molecule has 4 heteroatoms. The average Bonchev–Trinajstić information content (AvgIpc) is 2.01. The minimum atomic E-state index is -0.393.